The molecule has 3 aromatic heterocycles. The smallest absolute Gasteiger partial charge is 0.345 e. The molecule has 0 aliphatic carbocycles. The molecule has 0 N–H and O–H groups in total. The number of aryl methyl sites for hydroxylation is 2. The molecule has 0 bridgehead atoms. The fourth-order valence-electron chi connectivity index (χ4n) is 2.71. The summed E-state index contributed by atoms with van der Waals surface area (Å²) in [6.07, 6.45) is 2.95. The molecule has 9 heteroatoms. The van der Waals surface area contributed by atoms with Gasteiger partial charge in [0.25, 0.3) is 0 Å². The Kier molecular flexibility index (Phi) is 6.06. The number of nitrogens with zero attached hydrogens (tertiary/aromatic N) is 5. The Bertz CT molecular complexity index is 1170. The molecule has 0 aromatic carbocycles. The molecule has 0 unspecified atom stereocenters. The van der Waals surface area contributed by atoms with E-state index in [4.69, 9.17) is 16.3 Å². The number of halogens is 1. The second-order valence-electron chi connectivity index (χ2n) is 7.61. The first kappa shape index (κ1) is 21.7. The minimum absolute atomic E-state index is 0.0210. The Morgan fingerprint density at radius 3 is 2.60 bits per heavy atom. The number of esters is 1. The van der Waals surface area contributed by atoms with Crippen LogP contribution >= 0.6 is 22.9 Å². The quantitative estimate of drug-likeness (QED) is 0.328. The molecule has 0 atom stereocenters. The maximum absolute atomic E-state index is 12.8. The van der Waals surface area contributed by atoms with E-state index in [1.54, 1.807) is 37.7 Å². The summed E-state index contributed by atoms with van der Waals surface area (Å²) in [7, 11) is 1.67. The van der Waals surface area contributed by atoms with Gasteiger partial charge in [-0.3, -0.25) is 9.67 Å². The molecular weight excluding hydrogens is 422 g/mol. The van der Waals surface area contributed by atoms with Crippen LogP contribution in [-0.2, 0) is 17.2 Å². The molecule has 3 aromatic rings. The summed E-state index contributed by atoms with van der Waals surface area (Å²) in [6.45, 7) is 7.85. The lowest BCUT2D eigenvalue weighted by atomic mass is 9.98. The van der Waals surface area contributed by atoms with Crippen LogP contribution in [0.15, 0.2) is 29.9 Å². The lowest BCUT2D eigenvalue weighted by Crippen LogP contribution is -2.11. The fraction of sp³-hybridized carbons (Fsp3) is 0.286. The van der Waals surface area contributed by atoms with Crippen molar-refractivity contribution in [1.29, 1.82) is 5.26 Å². The molecule has 7 nitrogen and oxygen atoms in total. The van der Waals surface area contributed by atoms with E-state index in [9.17, 15) is 10.1 Å². The molecule has 0 fully saturated rings. The Morgan fingerprint density at radius 1 is 1.37 bits per heavy atom. The second-order valence-corrected chi connectivity index (χ2v) is 8.83. The van der Waals surface area contributed by atoms with Gasteiger partial charge >= 0.3 is 5.97 Å². The molecular formula is C21H20ClN5O2S. The van der Waals surface area contributed by atoms with E-state index < -0.39 is 5.97 Å². The number of pyridine rings is 1. The van der Waals surface area contributed by atoms with E-state index in [0.29, 0.717) is 17.0 Å². The summed E-state index contributed by atoms with van der Waals surface area (Å²) in [5.41, 5.74) is 1.49. The largest absolute Gasteiger partial charge is 0.421 e. The van der Waals surface area contributed by atoms with Crippen LogP contribution in [0.1, 0.15) is 53.1 Å². The molecule has 154 valence electrons. The van der Waals surface area contributed by atoms with Gasteiger partial charge in [0.2, 0.25) is 0 Å². The predicted octanol–water partition coefficient (Wildman–Crippen LogP) is 4.78. The molecule has 0 saturated carbocycles. The molecule has 0 aliphatic heterocycles. The van der Waals surface area contributed by atoms with Crippen molar-refractivity contribution in [3.63, 3.8) is 0 Å². The third kappa shape index (κ3) is 4.27. The summed E-state index contributed by atoms with van der Waals surface area (Å²) in [5.74, 6) is -0.635. The average molecular weight is 442 g/mol. The number of thiazole rings is 1. The zero-order valence-electron chi connectivity index (χ0n) is 17.2. The molecule has 0 saturated heterocycles. The van der Waals surface area contributed by atoms with Gasteiger partial charge in [0, 0.05) is 30.2 Å². The number of ether oxygens (including phenoxy) is 1. The summed E-state index contributed by atoms with van der Waals surface area (Å²) in [6, 6.07) is 5.35. The number of allylic oxidation sites excluding steroid dienone is 1. The van der Waals surface area contributed by atoms with Crippen LogP contribution in [-0.4, -0.2) is 25.7 Å². The lowest BCUT2D eigenvalue weighted by Gasteiger charge is -2.14. The Morgan fingerprint density at radius 2 is 2.10 bits per heavy atom. The van der Waals surface area contributed by atoms with Crippen LogP contribution in [0.2, 0.25) is 5.15 Å². The van der Waals surface area contributed by atoms with Crippen molar-refractivity contribution >= 4 is 40.2 Å². The highest BCUT2D eigenvalue weighted by molar-refractivity contribution is 7.10. The van der Waals surface area contributed by atoms with Gasteiger partial charge in [0.15, 0.2) is 5.76 Å². The van der Waals surface area contributed by atoms with Gasteiger partial charge in [-0.25, -0.2) is 9.78 Å². The Hall–Kier alpha value is -3.02. The van der Waals surface area contributed by atoms with E-state index in [2.05, 4.69) is 21.1 Å². The summed E-state index contributed by atoms with van der Waals surface area (Å²) in [5, 5.41) is 17.1. The lowest BCUT2D eigenvalue weighted by molar-refractivity contribution is 0.0692. The highest BCUT2D eigenvalue weighted by Gasteiger charge is 2.27. The van der Waals surface area contributed by atoms with Gasteiger partial charge in [-0.05, 0) is 19.1 Å². The minimum Gasteiger partial charge on any atom is -0.421 e. The van der Waals surface area contributed by atoms with Gasteiger partial charge in [0.05, 0.1) is 27.5 Å². The van der Waals surface area contributed by atoms with E-state index in [0.717, 1.165) is 5.01 Å². The van der Waals surface area contributed by atoms with Crippen molar-refractivity contribution in [2.45, 2.75) is 33.1 Å². The first-order chi connectivity index (χ1) is 14.1. The Labute approximate surface area is 183 Å². The molecule has 0 amide bonds. The second kappa shape index (κ2) is 8.38. The highest BCUT2D eigenvalue weighted by atomic mass is 35.5. The molecule has 0 aliphatic rings. The third-order valence-corrected chi connectivity index (χ3v) is 5.91. The van der Waals surface area contributed by atoms with Crippen molar-refractivity contribution in [2.75, 3.05) is 0 Å². The number of carbonyl (C=O) groups is 1. The maximum Gasteiger partial charge on any atom is 0.345 e. The maximum atomic E-state index is 12.8. The normalized spacial score (nSPS) is 12.3. The number of rotatable bonds is 4. The predicted molar refractivity (Wildman–Crippen MR) is 116 cm³/mol. The van der Waals surface area contributed by atoms with E-state index in [1.807, 2.05) is 20.8 Å². The van der Waals surface area contributed by atoms with Crippen LogP contribution in [0.5, 0.6) is 0 Å². The van der Waals surface area contributed by atoms with Crippen molar-refractivity contribution in [3.8, 4) is 6.07 Å². The first-order valence-corrected chi connectivity index (χ1v) is 10.3. The number of carbonyl (C=O) groups excluding carboxylic acids is 1. The average Bonchev–Trinajstić information content (AvgIpc) is 3.28. The standard InChI is InChI=1S/C21H20ClN5O2S/c1-12-16(18(22)27(5)26-12)17(29-19(28)13-7-6-8-24-10-13)14(9-23)15-11-30-20(25-15)21(2,3)4/h6-8,10-11H,1-5H3. The van der Waals surface area contributed by atoms with Crippen LogP contribution in [0.3, 0.4) is 0 Å². The Balaban J connectivity index is 2.20. The van der Waals surface area contributed by atoms with Gasteiger partial charge in [-0.15, -0.1) is 11.3 Å². The first-order valence-electron chi connectivity index (χ1n) is 9.06. The van der Waals surface area contributed by atoms with Gasteiger partial charge in [0.1, 0.15) is 16.8 Å². The summed E-state index contributed by atoms with van der Waals surface area (Å²) < 4.78 is 7.16. The number of hydrogen-bond donors (Lipinski definition) is 0. The topological polar surface area (TPSA) is 93.7 Å². The summed E-state index contributed by atoms with van der Waals surface area (Å²) in [4.78, 5) is 21.3. The SMILES string of the molecule is Cc1nn(C)c(Cl)c1C(OC(=O)c1cccnc1)=C(C#N)c1csc(C(C)(C)C)n1. The van der Waals surface area contributed by atoms with E-state index in [-0.39, 0.29) is 27.5 Å². The van der Waals surface area contributed by atoms with Crippen molar-refractivity contribution < 1.29 is 9.53 Å². The van der Waals surface area contributed by atoms with Crippen LogP contribution in [0.4, 0.5) is 0 Å². The van der Waals surface area contributed by atoms with E-state index >= 15 is 0 Å². The fourth-order valence-corrected chi connectivity index (χ4v) is 3.87. The van der Waals surface area contributed by atoms with Crippen LogP contribution in [0.25, 0.3) is 11.3 Å². The highest BCUT2D eigenvalue weighted by Crippen LogP contribution is 2.36. The third-order valence-electron chi connectivity index (χ3n) is 4.21. The number of aromatic nitrogens is 4. The summed E-state index contributed by atoms with van der Waals surface area (Å²) >= 11 is 7.88. The van der Waals surface area contributed by atoms with Crippen LogP contribution < -0.4 is 0 Å². The van der Waals surface area contributed by atoms with E-state index in [1.165, 1.54) is 22.2 Å². The van der Waals surface area contributed by atoms with Crippen molar-refractivity contribution in [3.05, 3.63) is 62.6 Å². The van der Waals surface area contributed by atoms with Gasteiger partial charge < -0.3 is 4.74 Å². The molecule has 0 radical (unpaired) electrons. The molecule has 30 heavy (non-hydrogen) atoms. The molecule has 3 rings (SSSR count). The van der Waals surface area contributed by atoms with Crippen molar-refractivity contribution in [1.82, 2.24) is 19.7 Å². The number of nitriles is 1. The zero-order valence-corrected chi connectivity index (χ0v) is 18.8. The molecule has 0 spiro atoms. The minimum atomic E-state index is -0.656. The van der Waals surface area contributed by atoms with Crippen molar-refractivity contribution in [2.24, 2.45) is 7.05 Å². The van der Waals surface area contributed by atoms with Crippen LogP contribution in [0, 0.1) is 18.3 Å². The van der Waals surface area contributed by atoms with Gasteiger partial charge in [-0.1, -0.05) is 32.4 Å². The molecule has 3 heterocycles. The van der Waals surface area contributed by atoms with Gasteiger partial charge in [-0.2, -0.15) is 10.4 Å². The zero-order chi connectivity index (χ0) is 22.1. The number of hydrogen-bond acceptors (Lipinski definition) is 7. The monoisotopic (exact) mass is 441 g/mol.